The predicted octanol–water partition coefficient (Wildman–Crippen LogP) is 3.32. The van der Waals surface area contributed by atoms with Crippen molar-refractivity contribution in [2.45, 2.75) is 63.4 Å². The Morgan fingerprint density at radius 1 is 1.03 bits per heavy atom. The van der Waals surface area contributed by atoms with Gasteiger partial charge in [0.1, 0.15) is 0 Å². The summed E-state index contributed by atoms with van der Waals surface area (Å²) in [6.45, 7) is 7.16. The molecule has 8 heteroatoms. The van der Waals surface area contributed by atoms with Crippen molar-refractivity contribution in [3.8, 4) is 11.8 Å². The lowest BCUT2D eigenvalue weighted by Crippen LogP contribution is -2.63. The first-order valence-electron chi connectivity index (χ1n) is 13.5. The standard InChI is InChI=1S/C31H38N4O4/c1-22(35(4)31(2,29(36)32-3)30(37)34-39-28-7-5-6-20-38-28)26-16-14-24(15-17-26)9-8-23-10-12-25(13-11-23)21-33-27-18-19-27/h10-17,27-28,33H,1,5-7,18-21H2,2-4H3,(H,32,36)(H,34,37)/t28?,31-/m0/s1. The summed E-state index contributed by atoms with van der Waals surface area (Å²) >= 11 is 0. The maximum atomic E-state index is 13.2. The predicted molar refractivity (Wildman–Crippen MR) is 151 cm³/mol. The lowest BCUT2D eigenvalue weighted by Gasteiger charge is -2.38. The summed E-state index contributed by atoms with van der Waals surface area (Å²) in [4.78, 5) is 33.1. The van der Waals surface area contributed by atoms with E-state index in [1.807, 2.05) is 36.4 Å². The van der Waals surface area contributed by atoms with Gasteiger partial charge in [-0.3, -0.25) is 9.59 Å². The van der Waals surface area contributed by atoms with Crippen molar-refractivity contribution in [1.82, 2.24) is 21.0 Å². The molecule has 2 aromatic rings. The molecule has 2 amide bonds. The molecule has 0 bridgehead atoms. The highest BCUT2D eigenvalue weighted by Gasteiger charge is 2.46. The fraction of sp³-hybridized carbons (Fsp3) is 0.419. The highest BCUT2D eigenvalue weighted by molar-refractivity contribution is 6.09. The number of benzene rings is 2. The van der Waals surface area contributed by atoms with Crippen molar-refractivity contribution in [3.05, 3.63) is 77.4 Å². The molecule has 0 aromatic heterocycles. The highest BCUT2D eigenvalue weighted by Crippen LogP contribution is 2.26. The summed E-state index contributed by atoms with van der Waals surface area (Å²) in [5, 5.41) is 6.09. The van der Waals surface area contributed by atoms with Gasteiger partial charge in [-0.1, -0.05) is 42.7 Å². The van der Waals surface area contributed by atoms with E-state index in [-0.39, 0.29) is 0 Å². The average molecular weight is 531 g/mol. The van der Waals surface area contributed by atoms with Crippen LogP contribution < -0.4 is 16.1 Å². The maximum absolute atomic E-state index is 13.2. The smallest absolute Gasteiger partial charge is 0.279 e. The van der Waals surface area contributed by atoms with Crippen LogP contribution in [0.2, 0.25) is 0 Å². The minimum atomic E-state index is -1.61. The Bertz CT molecular complexity index is 1220. The lowest BCUT2D eigenvalue weighted by molar-refractivity contribution is -0.204. The number of nitrogens with zero attached hydrogens (tertiary/aromatic N) is 1. The lowest BCUT2D eigenvalue weighted by atomic mass is 9.96. The molecule has 2 aromatic carbocycles. The second-order valence-electron chi connectivity index (χ2n) is 10.2. The molecule has 1 aliphatic carbocycles. The zero-order chi connectivity index (χ0) is 27.8. The molecular formula is C31H38N4O4. The van der Waals surface area contributed by atoms with Gasteiger partial charge < -0.3 is 20.3 Å². The number of amides is 2. The molecule has 1 aliphatic heterocycles. The second-order valence-corrected chi connectivity index (χ2v) is 10.2. The molecule has 1 saturated carbocycles. The van der Waals surface area contributed by atoms with E-state index in [4.69, 9.17) is 9.57 Å². The summed E-state index contributed by atoms with van der Waals surface area (Å²) in [5.74, 6) is 5.29. The van der Waals surface area contributed by atoms with Gasteiger partial charge in [-0.05, 0) is 68.0 Å². The monoisotopic (exact) mass is 530 g/mol. The van der Waals surface area contributed by atoms with Crippen molar-refractivity contribution < 1.29 is 19.2 Å². The summed E-state index contributed by atoms with van der Waals surface area (Å²) in [5.41, 5.74) is 5.13. The molecule has 1 saturated heterocycles. The van der Waals surface area contributed by atoms with Crippen LogP contribution in [0, 0.1) is 11.8 Å². The van der Waals surface area contributed by atoms with Crippen LogP contribution in [-0.4, -0.2) is 55.3 Å². The van der Waals surface area contributed by atoms with Crippen LogP contribution in [0.3, 0.4) is 0 Å². The van der Waals surface area contributed by atoms with E-state index in [9.17, 15) is 9.59 Å². The molecule has 2 fully saturated rings. The first-order valence-corrected chi connectivity index (χ1v) is 13.5. The van der Waals surface area contributed by atoms with Crippen LogP contribution in [0.15, 0.2) is 55.1 Å². The molecule has 2 atom stereocenters. The van der Waals surface area contributed by atoms with Crippen molar-refractivity contribution in [2.24, 2.45) is 0 Å². The Balaban J connectivity index is 1.39. The fourth-order valence-corrected chi connectivity index (χ4v) is 4.28. The van der Waals surface area contributed by atoms with Crippen molar-refractivity contribution >= 4 is 17.5 Å². The van der Waals surface area contributed by atoms with E-state index in [1.54, 1.807) is 11.9 Å². The molecule has 4 rings (SSSR count). The third kappa shape index (κ3) is 7.27. The Labute approximate surface area is 231 Å². The Morgan fingerprint density at radius 3 is 2.23 bits per heavy atom. The van der Waals surface area contributed by atoms with Crippen LogP contribution in [-0.2, 0) is 25.7 Å². The van der Waals surface area contributed by atoms with E-state index >= 15 is 0 Å². The van der Waals surface area contributed by atoms with E-state index in [1.165, 1.54) is 32.4 Å². The van der Waals surface area contributed by atoms with Crippen LogP contribution in [0.25, 0.3) is 5.70 Å². The number of hydroxylamine groups is 1. The molecule has 0 radical (unpaired) electrons. The van der Waals surface area contributed by atoms with Gasteiger partial charge in [0.15, 0.2) is 11.8 Å². The molecule has 8 nitrogen and oxygen atoms in total. The van der Waals surface area contributed by atoms with Crippen LogP contribution in [0.5, 0.6) is 0 Å². The van der Waals surface area contributed by atoms with Gasteiger partial charge in [0.2, 0.25) is 0 Å². The molecule has 3 N–H and O–H groups in total. The number of ether oxygens (including phenoxy) is 1. The van der Waals surface area contributed by atoms with Crippen LogP contribution in [0.1, 0.15) is 61.3 Å². The van der Waals surface area contributed by atoms with Crippen molar-refractivity contribution in [3.63, 3.8) is 0 Å². The number of hydrogen-bond donors (Lipinski definition) is 3. The SMILES string of the molecule is C=C(c1ccc(C#Cc2ccc(CNC3CC3)cc2)cc1)N(C)[C@@](C)(C(=O)NC)C(=O)NOC1CCCCO1. The second kappa shape index (κ2) is 12.9. The van der Waals surface area contributed by atoms with Gasteiger partial charge in [0.05, 0.1) is 0 Å². The molecule has 0 spiro atoms. The molecule has 39 heavy (non-hydrogen) atoms. The third-order valence-electron chi connectivity index (χ3n) is 7.30. The van der Waals surface area contributed by atoms with E-state index in [2.05, 4.69) is 46.7 Å². The van der Waals surface area contributed by atoms with Gasteiger partial charge >= 0.3 is 0 Å². The van der Waals surface area contributed by atoms with Gasteiger partial charge in [0.25, 0.3) is 11.8 Å². The summed E-state index contributed by atoms with van der Waals surface area (Å²) in [6, 6.07) is 16.5. The number of likely N-dealkylation sites (N-methyl/N-ethyl adjacent to an activating group) is 2. The van der Waals surface area contributed by atoms with E-state index in [0.717, 1.165) is 36.1 Å². The Morgan fingerprint density at radius 2 is 1.67 bits per heavy atom. The molecule has 206 valence electrons. The van der Waals surface area contributed by atoms with Gasteiger partial charge in [-0.15, -0.1) is 0 Å². The third-order valence-corrected chi connectivity index (χ3v) is 7.30. The van der Waals surface area contributed by atoms with Crippen LogP contribution in [0.4, 0.5) is 0 Å². The topological polar surface area (TPSA) is 91.9 Å². The minimum Gasteiger partial charge on any atom is -0.357 e. The first-order chi connectivity index (χ1) is 18.8. The zero-order valence-electron chi connectivity index (χ0n) is 23.0. The summed E-state index contributed by atoms with van der Waals surface area (Å²) in [6.07, 6.45) is 4.62. The number of carbonyl (C=O) groups excluding carboxylic acids is 2. The molecule has 1 heterocycles. The van der Waals surface area contributed by atoms with Gasteiger partial charge in [-0.2, -0.15) is 0 Å². The number of rotatable bonds is 10. The largest absolute Gasteiger partial charge is 0.357 e. The Kier molecular flexibility index (Phi) is 9.41. The van der Waals surface area contributed by atoms with Gasteiger partial charge in [0, 0.05) is 56.5 Å². The Hall–Kier alpha value is -3.64. The normalized spacial score (nSPS) is 18.2. The summed E-state index contributed by atoms with van der Waals surface area (Å²) in [7, 11) is 3.15. The van der Waals surface area contributed by atoms with E-state index in [0.29, 0.717) is 24.8 Å². The average Bonchev–Trinajstić information content (AvgIpc) is 3.82. The zero-order valence-corrected chi connectivity index (χ0v) is 23.0. The van der Waals surface area contributed by atoms with Crippen molar-refractivity contribution in [2.75, 3.05) is 20.7 Å². The minimum absolute atomic E-state index is 0.492. The molecular weight excluding hydrogens is 492 g/mol. The maximum Gasteiger partial charge on any atom is 0.279 e. The number of nitrogens with one attached hydrogen (secondary N) is 3. The highest BCUT2D eigenvalue weighted by atomic mass is 16.8. The fourth-order valence-electron chi connectivity index (χ4n) is 4.28. The quantitative estimate of drug-likeness (QED) is 0.248. The molecule has 2 aliphatic rings. The van der Waals surface area contributed by atoms with E-state index < -0.39 is 23.6 Å². The number of carbonyl (C=O) groups is 2. The van der Waals surface area contributed by atoms with Crippen LogP contribution >= 0.6 is 0 Å². The van der Waals surface area contributed by atoms with Gasteiger partial charge in [-0.25, -0.2) is 10.3 Å². The first kappa shape index (κ1) is 28.4. The van der Waals surface area contributed by atoms with Crippen molar-refractivity contribution in [1.29, 1.82) is 0 Å². The molecule has 1 unspecified atom stereocenters. The number of hydrogen-bond acceptors (Lipinski definition) is 6. The summed E-state index contributed by atoms with van der Waals surface area (Å²) < 4.78 is 5.51.